The number of nitrogens with zero attached hydrogens (tertiary/aromatic N) is 3. The summed E-state index contributed by atoms with van der Waals surface area (Å²) in [6.45, 7) is 5.42. The average molecular weight is 486 g/mol. The Morgan fingerprint density at radius 3 is 2.25 bits per heavy atom. The Hall–Kier alpha value is -3.61. The fourth-order valence-corrected chi connectivity index (χ4v) is 4.31. The molecule has 6 nitrogen and oxygen atoms in total. The van der Waals surface area contributed by atoms with Crippen molar-refractivity contribution in [3.05, 3.63) is 96.1 Å². The van der Waals surface area contributed by atoms with Crippen LogP contribution < -0.4 is 9.47 Å². The molecule has 0 unspecified atom stereocenters. The second kappa shape index (κ2) is 11.9. The maximum Gasteiger partial charge on any atom is 0.222 e. The molecule has 4 aromatic rings. The normalized spacial score (nSPS) is 12.2. The minimum absolute atomic E-state index is 0.212. The van der Waals surface area contributed by atoms with Gasteiger partial charge in [0.2, 0.25) is 5.88 Å². The van der Waals surface area contributed by atoms with E-state index >= 15 is 0 Å². The van der Waals surface area contributed by atoms with Crippen LogP contribution in [-0.4, -0.2) is 45.6 Å². The second-order valence-electron chi connectivity index (χ2n) is 9.27. The molecule has 0 aliphatic rings. The fraction of sp³-hybridized carbons (Fsp3) is 0.300. The van der Waals surface area contributed by atoms with Crippen LogP contribution in [0, 0.1) is 0 Å². The number of hydrogen-bond acceptors (Lipinski definition) is 5. The molecule has 1 atom stereocenters. The van der Waals surface area contributed by atoms with Gasteiger partial charge in [0.15, 0.2) is 0 Å². The molecule has 0 saturated heterocycles. The predicted octanol–water partition coefficient (Wildman–Crippen LogP) is 5.70. The summed E-state index contributed by atoms with van der Waals surface area (Å²) in [5.41, 5.74) is 4.01. The number of methoxy groups -OCH3 is 1. The third-order valence-corrected chi connectivity index (χ3v) is 6.24. The summed E-state index contributed by atoms with van der Waals surface area (Å²) in [6.07, 6.45) is 0.116. The van der Waals surface area contributed by atoms with Crippen molar-refractivity contribution in [2.75, 3.05) is 13.7 Å². The maximum atomic E-state index is 10.9. The van der Waals surface area contributed by atoms with Gasteiger partial charge in [0, 0.05) is 37.8 Å². The maximum absolute atomic E-state index is 10.9. The lowest BCUT2D eigenvalue weighted by Gasteiger charge is -2.29. The molecule has 1 N–H and O–H groups in total. The van der Waals surface area contributed by atoms with Crippen LogP contribution in [0.25, 0.3) is 11.3 Å². The molecule has 1 heterocycles. The van der Waals surface area contributed by atoms with Crippen LogP contribution in [0.5, 0.6) is 17.4 Å². The van der Waals surface area contributed by atoms with Gasteiger partial charge in [-0.2, -0.15) is 5.10 Å². The summed E-state index contributed by atoms with van der Waals surface area (Å²) in [7, 11) is 3.54. The standard InChI is InChI=1S/C30H35N3O3/c1-22(2)33(20-25(34)18-23-12-7-5-8-13-23)21-28-29(24-14-9-6-10-15-24)31-32(3)30(28)36-27-17-11-16-26(19-27)35-4/h5-17,19,22,25,34H,18,20-21H2,1-4H3/t25-/m1/s1. The highest BCUT2D eigenvalue weighted by Gasteiger charge is 2.24. The van der Waals surface area contributed by atoms with Crippen molar-refractivity contribution < 1.29 is 14.6 Å². The van der Waals surface area contributed by atoms with E-state index in [1.807, 2.05) is 67.7 Å². The molecule has 6 heteroatoms. The largest absolute Gasteiger partial charge is 0.497 e. The van der Waals surface area contributed by atoms with Crippen LogP contribution in [0.3, 0.4) is 0 Å². The van der Waals surface area contributed by atoms with E-state index in [1.54, 1.807) is 11.8 Å². The van der Waals surface area contributed by atoms with Crippen molar-refractivity contribution in [1.29, 1.82) is 0 Å². The van der Waals surface area contributed by atoms with Crippen LogP contribution in [0.2, 0.25) is 0 Å². The van der Waals surface area contributed by atoms with Gasteiger partial charge < -0.3 is 14.6 Å². The predicted molar refractivity (Wildman–Crippen MR) is 143 cm³/mol. The minimum atomic E-state index is -0.491. The molecule has 4 rings (SSSR count). The Morgan fingerprint density at radius 1 is 0.917 bits per heavy atom. The summed E-state index contributed by atoms with van der Waals surface area (Å²) in [5, 5.41) is 15.8. The molecule has 188 valence electrons. The summed E-state index contributed by atoms with van der Waals surface area (Å²) < 4.78 is 13.6. The van der Waals surface area contributed by atoms with E-state index in [0.717, 1.165) is 28.1 Å². The lowest BCUT2D eigenvalue weighted by atomic mass is 10.0. The lowest BCUT2D eigenvalue weighted by Crippen LogP contribution is -2.38. The number of rotatable bonds is 11. The van der Waals surface area contributed by atoms with Crippen LogP contribution in [0.4, 0.5) is 0 Å². The summed E-state index contributed by atoms with van der Waals surface area (Å²) >= 11 is 0. The Morgan fingerprint density at radius 2 is 1.58 bits per heavy atom. The average Bonchev–Trinajstić information content (AvgIpc) is 3.19. The van der Waals surface area contributed by atoms with E-state index in [1.165, 1.54) is 0 Å². The van der Waals surface area contributed by atoms with E-state index in [-0.39, 0.29) is 6.04 Å². The van der Waals surface area contributed by atoms with Gasteiger partial charge in [0.05, 0.1) is 18.8 Å². The monoisotopic (exact) mass is 485 g/mol. The quantitative estimate of drug-likeness (QED) is 0.295. The molecule has 3 aromatic carbocycles. The highest BCUT2D eigenvalue weighted by molar-refractivity contribution is 5.65. The van der Waals surface area contributed by atoms with E-state index < -0.39 is 6.10 Å². The first-order valence-electron chi connectivity index (χ1n) is 12.3. The molecule has 0 radical (unpaired) electrons. The third-order valence-electron chi connectivity index (χ3n) is 6.24. The van der Waals surface area contributed by atoms with Crippen LogP contribution in [0.15, 0.2) is 84.9 Å². The van der Waals surface area contributed by atoms with E-state index in [4.69, 9.17) is 14.6 Å². The van der Waals surface area contributed by atoms with Crippen molar-refractivity contribution in [2.45, 2.75) is 39.0 Å². The first-order chi connectivity index (χ1) is 17.4. The van der Waals surface area contributed by atoms with Gasteiger partial charge in [-0.15, -0.1) is 0 Å². The Labute approximate surface area is 213 Å². The highest BCUT2D eigenvalue weighted by Crippen LogP contribution is 2.35. The summed E-state index contributed by atoms with van der Waals surface area (Å²) in [5.74, 6) is 2.08. The highest BCUT2D eigenvalue weighted by atomic mass is 16.5. The minimum Gasteiger partial charge on any atom is -0.497 e. The number of aryl methyl sites for hydroxylation is 1. The van der Waals surface area contributed by atoms with Crippen molar-refractivity contribution in [3.63, 3.8) is 0 Å². The van der Waals surface area contributed by atoms with Gasteiger partial charge >= 0.3 is 0 Å². The SMILES string of the molecule is COc1cccc(Oc2c(CN(C[C@H](O)Cc3ccccc3)C(C)C)c(-c3ccccc3)nn2C)c1. The number of aromatic nitrogens is 2. The van der Waals surface area contributed by atoms with Crippen molar-refractivity contribution in [1.82, 2.24) is 14.7 Å². The Balaban J connectivity index is 1.66. The second-order valence-corrected chi connectivity index (χ2v) is 9.27. The first kappa shape index (κ1) is 25.5. The fourth-order valence-electron chi connectivity index (χ4n) is 4.31. The topological polar surface area (TPSA) is 59.8 Å². The van der Waals surface area contributed by atoms with Crippen molar-refractivity contribution in [3.8, 4) is 28.6 Å². The Bertz CT molecular complexity index is 1240. The molecule has 0 aliphatic carbocycles. The molecule has 0 fully saturated rings. The number of ether oxygens (including phenoxy) is 2. The smallest absolute Gasteiger partial charge is 0.222 e. The lowest BCUT2D eigenvalue weighted by molar-refractivity contribution is 0.0904. The van der Waals surface area contributed by atoms with Crippen molar-refractivity contribution in [2.24, 2.45) is 7.05 Å². The Kier molecular flexibility index (Phi) is 8.41. The van der Waals surface area contributed by atoms with Gasteiger partial charge in [-0.05, 0) is 38.0 Å². The molecule has 0 bridgehead atoms. The van der Waals surface area contributed by atoms with Crippen LogP contribution >= 0.6 is 0 Å². The van der Waals surface area contributed by atoms with Crippen molar-refractivity contribution >= 4 is 0 Å². The van der Waals surface area contributed by atoms with Gasteiger partial charge in [0.1, 0.15) is 17.2 Å². The number of aliphatic hydroxyl groups is 1. The third kappa shape index (κ3) is 6.33. The van der Waals surface area contributed by atoms with E-state index in [0.29, 0.717) is 31.1 Å². The number of hydrogen-bond donors (Lipinski definition) is 1. The van der Waals surface area contributed by atoms with E-state index in [2.05, 4.69) is 43.0 Å². The van der Waals surface area contributed by atoms with Gasteiger partial charge in [-0.25, -0.2) is 4.68 Å². The first-order valence-corrected chi connectivity index (χ1v) is 12.3. The summed E-state index contributed by atoms with van der Waals surface area (Å²) in [4.78, 5) is 2.27. The molecule has 0 amide bonds. The van der Waals surface area contributed by atoms with Gasteiger partial charge in [-0.1, -0.05) is 66.7 Å². The molecular formula is C30H35N3O3. The van der Waals surface area contributed by atoms with Crippen LogP contribution in [0.1, 0.15) is 25.0 Å². The zero-order valence-corrected chi connectivity index (χ0v) is 21.5. The zero-order valence-electron chi connectivity index (χ0n) is 21.5. The molecule has 36 heavy (non-hydrogen) atoms. The number of aliphatic hydroxyl groups excluding tert-OH is 1. The summed E-state index contributed by atoms with van der Waals surface area (Å²) in [6, 6.07) is 28.0. The molecular weight excluding hydrogens is 450 g/mol. The molecule has 0 saturated carbocycles. The van der Waals surface area contributed by atoms with Crippen LogP contribution in [-0.2, 0) is 20.0 Å². The van der Waals surface area contributed by atoms with Gasteiger partial charge in [0.25, 0.3) is 0 Å². The number of benzene rings is 3. The molecule has 0 aliphatic heterocycles. The molecule has 0 spiro atoms. The van der Waals surface area contributed by atoms with Gasteiger partial charge in [-0.3, -0.25) is 4.90 Å². The van der Waals surface area contributed by atoms with E-state index in [9.17, 15) is 5.11 Å². The molecule has 1 aromatic heterocycles. The zero-order chi connectivity index (χ0) is 25.5.